The molecule has 27 heavy (non-hydrogen) atoms. The Kier molecular flexibility index (Phi) is 5.76. The summed E-state index contributed by atoms with van der Waals surface area (Å²) < 4.78 is 7.29. The van der Waals surface area contributed by atoms with Gasteiger partial charge in [-0.15, -0.1) is 0 Å². The van der Waals surface area contributed by atoms with Gasteiger partial charge in [-0.1, -0.05) is 17.6 Å². The molecule has 1 aromatic heterocycles. The van der Waals surface area contributed by atoms with Crippen molar-refractivity contribution in [2.75, 3.05) is 11.9 Å². The van der Waals surface area contributed by atoms with Crippen molar-refractivity contribution in [1.29, 1.82) is 5.41 Å². The highest BCUT2D eigenvalue weighted by atomic mass is 32.1. The van der Waals surface area contributed by atoms with Crippen LogP contribution in [-0.2, 0) is 0 Å². The van der Waals surface area contributed by atoms with E-state index in [1.807, 2.05) is 50.2 Å². The molecule has 0 atom stereocenters. The van der Waals surface area contributed by atoms with Gasteiger partial charge in [-0.25, -0.2) is 8.95 Å². The number of benzene rings is 2. The number of anilines is 1. The fourth-order valence-electron chi connectivity index (χ4n) is 2.61. The Morgan fingerprint density at radius 2 is 1.81 bits per heavy atom. The summed E-state index contributed by atoms with van der Waals surface area (Å²) in [7, 11) is 0. The average molecular weight is 381 g/mol. The van der Waals surface area contributed by atoms with Gasteiger partial charge in [0.25, 0.3) is 0 Å². The van der Waals surface area contributed by atoms with Gasteiger partial charge in [0.05, 0.1) is 12.3 Å². The van der Waals surface area contributed by atoms with E-state index in [4.69, 9.17) is 15.1 Å². The molecule has 1 heterocycles. The predicted octanol–water partition coefficient (Wildman–Crippen LogP) is 5.00. The Morgan fingerprint density at radius 3 is 2.41 bits per heavy atom. The Bertz CT molecular complexity index is 1020. The summed E-state index contributed by atoms with van der Waals surface area (Å²) in [6, 6.07) is 15.7. The third kappa shape index (κ3) is 4.65. The molecule has 0 fully saturated rings. The zero-order valence-corrected chi connectivity index (χ0v) is 16.9. The van der Waals surface area contributed by atoms with Gasteiger partial charge < -0.3 is 10.1 Å². The van der Waals surface area contributed by atoms with Crippen molar-refractivity contribution in [2.45, 2.75) is 27.7 Å². The number of ether oxygens (including phenoxy) is 1. The van der Waals surface area contributed by atoms with Gasteiger partial charge in [-0.05, 0) is 81.3 Å². The Balaban J connectivity index is 2.00. The fraction of sp³-hybridized carbons (Fsp3) is 0.238. The van der Waals surface area contributed by atoms with Crippen molar-refractivity contribution in [2.24, 2.45) is 4.99 Å². The lowest BCUT2D eigenvalue weighted by Gasteiger charge is -2.12. The molecule has 2 aromatic carbocycles. The van der Waals surface area contributed by atoms with Crippen molar-refractivity contribution >= 4 is 28.9 Å². The number of hydrogen-bond acceptors (Lipinski definition) is 4. The molecule has 0 aliphatic heterocycles. The number of aryl methyl sites for hydroxylation is 3. The van der Waals surface area contributed by atoms with Crippen molar-refractivity contribution in [3.8, 4) is 5.75 Å². The minimum absolute atomic E-state index is 0.401. The summed E-state index contributed by atoms with van der Waals surface area (Å²) in [5, 5.41) is 11.6. The number of rotatable bonds is 4. The van der Waals surface area contributed by atoms with Crippen LogP contribution < -0.4 is 15.5 Å². The average Bonchev–Trinajstić information content (AvgIpc) is 2.98. The van der Waals surface area contributed by atoms with E-state index in [9.17, 15) is 0 Å². The van der Waals surface area contributed by atoms with Gasteiger partial charge in [-0.2, -0.15) is 0 Å². The molecule has 6 heteroatoms. The van der Waals surface area contributed by atoms with Crippen LogP contribution in [0.2, 0.25) is 0 Å². The molecule has 5 nitrogen and oxygen atoms in total. The number of nitrogens with zero attached hydrogens (tertiary/aromatic N) is 2. The van der Waals surface area contributed by atoms with E-state index >= 15 is 0 Å². The molecule has 0 unspecified atom stereocenters. The standard InChI is InChI=1S/C21H24N4OS/c1-5-26-19-10-8-17(9-11-19)23-21(25-20(22)13-16(4)27-25)24-18-7-6-14(2)15(3)12-18/h6-13,22H,5H2,1-4H3,(H,23,24). The van der Waals surface area contributed by atoms with Crippen LogP contribution in [0.4, 0.5) is 11.4 Å². The Morgan fingerprint density at radius 1 is 1.07 bits per heavy atom. The van der Waals surface area contributed by atoms with E-state index in [1.54, 1.807) is 3.96 Å². The maximum Gasteiger partial charge on any atom is 0.223 e. The first-order valence-corrected chi connectivity index (χ1v) is 9.64. The van der Waals surface area contributed by atoms with E-state index < -0.39 is 0 Å². The molecule has 0 saturated heterocycles. The summed E-state index contributed by atoms with van der Waals surface area (Å²) in [5.41, 5.74) is 4.59. The van der Waals surface area contributed by atoms with Gasteiger partial charge in [0.2, 0.25) is 5.96 Å². The summed E-state index contributed by atoms with van der Waals surface area (Å²) >= 11 is 1.49. The van der Waals surface area contributed by atoms with Crippen molar-refractivity contribution < 1.29 is 4.74 Å². The van der Waals surface area contributed by atoms with E-state index in [2.05, 4.69) is 31.3 Å². The minimum atomic E-state index is 0.401. The molecule has 3 aromatic rings. The first-order valence-electron chi connectivity index (χ1n) is 8.87. The van der Waals surface area contributed by atoms with Crippen LogP contribution in [0.5, 0.6) is 5.75 Å². The van der Waals surface area contributed by atoms with Gasteiger partial charge >= 0.3 is 0 Å². The van der Waals surface area contributed by atoms with Crippen LogP contribution in [0.25, 0.3) is 0 Å². The summed E-state index contributed by atoms with van der Waals surface area (Å²) in [5.74, 6) is 1.42. The summed E-state index contributed by atoms with van der Waals surface area (Å²) in [6.45, 7) is 8.76. The monoisotopic (exact) mass is 380 g/mol. The second kappa shape index (κ2) is 8.22. The quantitative estimate of drug-likeness (QED) is 0.494. The second-order valence-corrected chi connectivity index (χ2v) is 7.50. The summed E-state index contributed by atoms with van der Waals surface area (Å²) in [4.78, 5) is 5.81. The molecule has 0 aliphatic rings. The zero-order valence-electron chi connectivity index (χ0n) is 16.0. The molecular weight excluding hydrogens is 356 g/mol. The Labute approximate surface area is 163 Å². The maximum absolute atomic E-state index is 8.25. The largest absolute Gasteiger partial charge is 0.494 e. The molecule has 0 radical (unpaired) electrons. The van der Waals surface area contributed by atoms with E-state index in [0.29, 0.717) is 18.1 Å². The van der Waals surface area contributed by atoms with Gasteiger partial charge in [0.15, 0.2) is 0 Å². The lowest BCUT2D eigenvalue weighted by Crippen LogP contribution is -2.28. The smallest absolute Gasteiger partial charge is 0.223 e. The van der Waals surface area contributed by atoms with Gasteiger partial charge in [-0.3, -0.25) is 5.41 Å². The SMILES string of the molecule is CCOc1ccc(N=C(Nc2ccc(C)c(C)c2)n2sc(C)cc2=N)cc1. The van der Waals surface area contributed by atoms with Crippen LogP contribution in [-0.4, -0.2) is 16.5 Å². The predicted molar refractivity (Wildman–Crippen MR) is 113 cm³/mol. The van der Waals surface area contributed by atoms with Crippen LogP contribution in [0.3, 0.4) is 0 Å². The highest BCUT2D eigenvalue weighted by Gasteiger charge is 2.09. The molecule has 3 rings (SSSR count). The fourth-order valence-corrected chi connectivity index (χ4v) is 3.38. The lowest BCUT2D eigenvalue weighted by molar-refractivity contribution is 0.340. The maximum atomic E-state index is 8.25. The lowest BCUT2D eigenvalue weighted by atomic mass is 10.1. The van der Waals surface area contributed by atoms with Gasteiger partial charge in [0, 0.05) is 10.6 Å². The molecule has 0 spiro atoms. The highest BCUT2D eigenvalue weighted by molar-refractivity contribution is 7.07. The number of aliphatic imine (C=N–C) groups is 1. The van der Waals surface area contributed by atoms with Crippen molar-refractivity contribution in [3.63, 3.8) is 0 Å². The normalized spacial score (nSPS) is 11.5. The van der Waals surface area contributed by atoms with E-state index in [1.165, 1.54) is 22.7 Å². The van der Waals surface area contributed by atoms with Crippen LogP contribution in [0.1, 0.15) is 22.9 Å². The van der Waals surface area contributed by atoms with E-state index in [-0.39, 0.29) is 0 Å². The second-order valence-electron chi connectivity index (χ2n) is 6.31. The van der Waals surface area contributed by atoms with Crippen LogP contribution in [0, 0.1) is 26.2 Å². The molecule has 2 N–H and O–H groups in total. The molecular formula is C21H24N4OS. The number of aromatic nitrogens is 1. The van der Waals surface area contributed by atoms with Gasteiger partial charge in [0.1, 0.15) is 11.2 Å². The zero-order chi connectivity index (χ0) is 19.4. The molecule has 0 amide bonds. The first-order chi connectivity index (χ1) is 13.0. The molecule has 0 bridgehead atoms. The van der Waals surface area contributed by atoms with Crippen molar-refractivity contribution in [3.05, 3.63) is 70.0 Å². The van der Waals surface area contributed by atoms with Crippen molar-refractivity contribution in [1.82, 2.24) is 3.96 Å². The number of nitrogens with one attached hydrogen (secondary N) is 2. The minimum Gasteiger partial charge on any atom is -0.494 e. The molecule has 0 aliphatic carbocycles. The Hall–Kier alpha value is -2.86. The third-order valence-electron chi connectivity index (χ3n) is 4.13. The highest BCUT2D eigenvalue weighted by Crippen LogP contribution is 2.20. The first kappa shape index (κ1) is 18.9. The molecule has 140 valence electrons. The van der Waals surface area contributed by atoms with E-state index in [0.717, 1.165) is 22.0 Å². The number of hydrogen-bond donors (Lipinski definition) is 2. The molecule has 0 saturated carbocycles. The van der Waals surface area contributed by atoms with Crippen LogP contribution >= 0.6 is 11.5 Å². The summed E-state index contributed by atoms with van der Waals surface area (Å²) in [6.07, 6.45) is 0. The third-order valence-corrected chi connectivity index (χ3v) is 5.09. The van der Waals surface area contributed by atoms with Crippen LogP contribution in [0.15, 0.2) is 53.5 Å². The topological polar surface area (TPSA) is 62.4 Å².